The van der Waals surface area contributed by atoms with Gasteiger partial charge in [-0.1, -0.05) is 202 Å². The Labute approximate surface area is 397 Å². The van der Waals surface area contributed by atoms with Gasteiger partial charge in [0.2, 0.25) is 0 Å². The number of para-hydroxylation sites is 1. The van der Waals surface area contributed by atoms with Crippen LogP contribution in [0, 0.1) is 0 Å². The average molecular weight is 868 g/mol. The predicted molar refractivity (Wildman–Crippen MR) is 281 cm³/mol. The van der Waals surface area contributed by atoms with Crippen LogP contribution in [-0.4, -0.2) is 0 Å². The summed E-state index contributed by atoms with van der Waals surface area (Å²) in [7, 11) is 0. The van der Waals surface area contributed by atoms with Crippen LogP contribution in [0.2, 0.25) is 0 Å². The Morgan fingerprint density at radius 2 is 0.824 bits per heavy atom. The number of hydrogen-bond acceptors (Lipinski definition) is 2. The molecule has 0 atom stereocenters. The fourth-order valence-corrected chi connectivity index (χ4v) is 12.3. The average Bonchev–Trinajstić information content (AvgIpc) is 3.67. The second-order valence-electron chi connectivity index (χ2n) is 19.1. The van der Waals surface area contributed by atoms with Crippen LogP contribution in [0.5, 0.6) is 11.5 Å². The highest BCUT2D eigenvalue weighted by atomic mass is 16.5. The summed E-state index contributed by atoms with van der Waals surface area (Å²) < 4.78 is 6.75. The second kappa shape index (κ2) is 14.5. The van der Waals surface area contributed by atoms with E-state index in [0.29, 0.717) is 0 Å². The van der Waals surface area contributed by atoms with Gasteiger partial charge < -0.3 is 9.64 Å². The van der Waals surface area contributed by atoms with Crippen molar-refractivity contribution in [2.24, 2.45) is 0 Å². The summed E-state index contributed by atoms with van der Waals surface area (Å²) in [6.45, 7) is 4.72. The molecule has 10 aromatic rings. The Kier molecular flexibility index (Phi) is 8.28. The molecule has 0 amide bonds. The molecule has 0 N–H and O–H groups in total. The molecule has 0 saturated heterocycles. The first-order valence-corrected chi connectivity index (χ1v) is 23.7. The van der Waals surface area contributed by atoms with E-state index in [1.54, 1.807) is 0 Å². The number of rotatable bonds is 4. The molecular formula is C66H45NO. The third-order valence-corrected chi connectivity index (χ3v) is 15.3. The highest BCUT2D eigenvalue weighted by Gasteiger charge is 2.49. The highest BCUT2D eigenvalue weighted by molar-refractivity contribution is 5.99. The number of nitrogens with zero attached hydrogens (tertiary/aromatic N) is 1. The van der Waals surface area contributed by atoms with Crippen molar-refractivity contribution in [3.05, 3.63) is 269 Å². The van der Waals surface area contributed by atoms with Crippen LogP contribution >= 0.6 is 0 Å². The molecule has 14 rings (SSSR count). The van der Waals surface area contributed by atoms with Crippen molar-refractivity contribution in [2.75, 3.05) is 4.90 Å². The van der Waals surface area contributed by atoms with Crippen LogP contribution in [0.15, 0.2) is 224 Å². The Balaban J connectivity index is 0.948. The van der Waals surface area contributed by atoms with Crippen LogP contribution in [0.3, 0.4) is 0 Å². The van der Waals surface area contributed by atoms with Crippen molar-refractivity contribution < 1.29 is 4.74 Å². The first kappa shape index (κ1) is 38.8. The van der Waals surface area contributed by atoms with Gasteiger partial charge in [-0.15, -0.1) is 0 Å². The summed E-state index contributed by atoms with van der Waals surface area (Å²) >= 11 is 0. The molecule has 3 aliphatic carbocycles. The molecule has 0 fully saturated rings. The minimum absolute atomic E-state index is 0.153. The van der Waals surface area contributed by atoms with Crippen LogP contribution in [-0.2, 0) is 10.8 Å². The summed E-state index contributed by atoms with van der Waals surface area (Å²) in [6, 6.07) is 83.0. The molecule has 0 aromatic heterocycles. The quantitative estimate of drug-likeness (QED) is 0.175. The van der Waals surface area contributed by atoms with E-state index >= 15 is 0 Å². The van der Waals surface area contributed by atoms with E-state index < -0.39 is 5.41 Å². The van der Waals surface area contributed by atoms with Gasteiger partial charge in [-0.25, -0.2) is 0 Å². The monoisotopic (exact) mass is 867 g/mol. The lowest BCUT2D eigenvalue weighted by atomic mass is 9.66. The standard InChI is InChI=1S/C66H45NO/c1-65(2)58-26-12-7-20-51(58)52-38-36-47(41-61(52)65)67(46-37-39-63-55(40-46)50-19-6-5-18-49(50)53-21-9-14-29-62(53)68-63)45-34-32-42(33-35-45)48-23-15-28-60-64(48)54-22-8-13-27-59(54)66(60)56-24-10-3-16-43(56)30-31-44-17-4-11-25-57(44)66/h3-41H,1-2H3. The highest BCUT2D eigenvalue weighted by Crippen LogP contribution is 2.61. The molecule has 10 aromatic carbocycles. The maximum absolute atomic E-state index is 6.75. The number of hydrogen-bond donors (Lipinski definition) is 0. The van der Waals surface area contributed by atoms with E-state index in [2.05, 4.69) is 249 Å². The van der Waals surface area contributed by atoms with Gasteiger partial charge in [-0.2, -0.15) is 0 Å². The van der Waals surface area contributed by atoms with Crippen LogP contribution in [0.25, 0.3) is 67.8 Å². The predicted octanol–water partition coefficient (Wildman–Crippen LogP) is 17.4. The van der Waals surface area contributed by atoms with Gasteiger partial charge in [0.05, 0.1) is 5.41 Å². The fraction of sp³-hybridized carbons (Fsp3) is 0.0606. The molecule has 68 heavy (non-hydrogen) atoms. The van der Waals surface area contributed by atoms with Crippen molar-refractivity contribution >= 4 is 29.2 Å². The van der Waals surface area contributed by atoms with Crippen molar-refractivity contribution in [3.8, 4) is 67.1 Å². The topological polar surface area (TPSA) is 12.5 Å². The molecule has 0 radical (unpaired) electrons. The lowest BCUT2D eigenvalue weighted by Gasteiger charge is -2.35. The molecule has 0 bridgehead atoms. The molecule has 2 nitrogen and oxygen atoms in total. The number of ether oxygens (including phenoxy) is 1. The van der Waals surface area contributed by atoms with E-state index in [-0.39, 0.29) is 5.41 Å². The zero-order valence-corrected chi connectivity index (χ0v) is 37.9. The molecule has 0 unspecified atom stereocenters. The maximum Gasteiger partial charge on any atom is 0.135 e. The summed E-state index contributed by atoms with van der Waals surface area (Å²) in [4.78, 5) is 2.43. The summed E-state index contributed by atoms with van der Waals surface area (Å²) in [6.07, 6.45) is 4.60. The van der Waals surface area contributed by atoms with Gasteiger partial charge in [0, 0.05) is 33.6 Å². The summed E-state index contributed by atoms with van der Waals surface area (Å²) in [5, 5.41) is 0. The lowest BCUT2D eigenvalue weighted by Crippen LogP contribution is -2.29. The van der Waals surface area contributed by atoms with Gasteiger partial charge in [-0.05, 0) is 138 Å². The molecule has 1 spiro atoms. The maximum atomic E-state index is 6.75. The zero-order valence-electron chi connectivity index (χ0n) is 37.9. The second-order valence-corrected chi connectivity index (χ2v) is 19.1. The number of benzene rings is 10. The van der Waals surface area contributed by atoms with E-state index in [0.717, 1.165) is 50.8 Å². The normalized spacial score (nSPS) is 14.3. The largest absolute Gasteiger partial charge is 0.456 e. The molecule has 1 aliphatic heterocycles. The van der Waals surface area contributed by atoms with E-state index in [4.69, 9.17) is 4.74 Å². The molecular weight excluding hydrogens is 823 g/mol. The summed E-state index contributed by atoms with van der Waals surface area (Å²) in [5.74, 6) is 1.71. The van der Waals surface area contributed by atoms with E-state index in [1.807, 2.05) is 6.07 Å². The minimum atomic E-state index is -0.481. The summed E-state index contributed by atoms with van der Waals surface area (Å²) in [5.41, 5.74) is 25.2. The Bertz CT molecular complexity index is 3710. The van der Waals surface area contributed by atoms with Crippen LogP contribution in [0.4, 0.5) is 17.1 Å². The van der Waals surface area contributed by atoms with Crippen molar-refractivity contribution in [2.45, 2.75) is 24.7 Å². The molecule has 4 aliphatic rings. The van der Waals surface area contributed by atoms with Gasteiger partial charge in [-0.3, -0.25) is 0 Å². The van der Waals surface area contributed by atoms with Gasteiger partial charge >= 0.3 is 0 Å². The first-order chi connectivity index (χ1) is 33.5. The molecule has 320 valence electrons. The SMILES string of the molecule is CC1(C)c2ccccc2-c2ccc(N(c3ccc(-c4cccc5c4-c4ccccc4C54c5ccccc5C=Cc5ccccc54)cc3)c3ccc4c(c3)-c3ccccc3-c3ccccc3O4)cc21. The van der Waals surface area contributed by atoms with Gasteiger partial charge in [0.25, 0.3) is 0 Å². The van der Waals surface area contributed by atoms with Crippen molar-refractivity contribution in [3.63, 3.8) is 0 Å². The molecule has 0 saturated carbocycles. The minimum Gasteiger partial charge on any atom is -0.456 e. The lowest BCUT2D eigenvalue weighted by molar-refractivity contribution is 0.488. The number of fused-ring (bicyclic) bond motifs is 17. The smallest absolute Gasteiger partial charge is 0.135 e. The van der Waals surface area contributed by atoms with Gasteiger partial charge in [0.1, 0.15) is 11.5 Å². The molecule has 2 heteroatoms. The third kappa shape index (κ3) is 5.40. The van der Waals surface area contributed by atoms with Crippen LogP contribution < -0.4 is 9.64 Å². The van der Waals surface area contributed by atoms with E-state index in [9.17, 15) is 0 Å². The number of anilines is 3. The van der Waals surface area contributed by atoms with Crippen molar-refractivity contribution in [1.29, 1.82) is 0 Å². The third-order valence-electron chi connectivity index (χ3n) is 15.3. The first-order valence-electron chi connectivity index (χ1n) is 23.7. The van der Waals surface area contributed by atoms with E-state index in [1.165, 1.54) is 77.9 Å². The van der Waals surface area contributed by atoms with Crippen LogP contribution in [0.1, 0.15) is 58.4 Å². The molecule has 1 heterocycles. The Morgan fingerprint density at radius 1 is 0.324 bits per heavy atom. The van der Waals surface area contributed by atoms with Crippen molar-refractivity contribution in [1.82, 2.24) is 0 Å². The van der Waals surface area contributed by atoms with Gasteiger partial charge in [0.15, 0.2) is 0 Å². The Hall–Kier alpha value is -8.46. The Morgan fingerprint density at radius 3 is 1.56 bits per heavy atom. The zero-order chi connectivity index (χ0) is 45.1. The fourth-order valence-electron chi connectivity index (χ4n) is 12.3.